The van der Waals surface area contributed by atoms with E-state index < -0.39 is 23.9 Å². The molecule has 194 valence electrons. The Labute approximate surface area is 215 Å². The molecule has 0 spiro atoms. The summed E-state index contributed by atoms with van der Waals surface area (Å²) in [5.41, 5.74) is 6.81. The molecule has 37 heavy (non-hydrogen) atoms. The Hall–Kier alpha value is -3.64. The Morgan fingerprint density at radius 1 is 1.22 bits per heavy atom. The molecule has 5 heterocycles. The molecule has 0 saturated carbocycles. The molecule has 9 nitrogen and oxygen atoms in total. The van der Waals surface area contributed by atoms with Crippen molar-refractivity contribution in [1.29, 1.82) is 0 Å². The number of amides is 2. The lowest BCUT2D eigenvalue weighted by Gasteiger charge is -2.25. The zero-order valence-corrected chi connectivity index (χ0v) is 21.2. The number of hydrogen-bond donors (Lipinski definition) is 2. The molecule has 4 aromatic rings. The van der Waals surface area contributed by atoms with Crippen LogP contribution in [0.3, 0.4) is 0 Å². The van der Waals surface area contributed by atoms with Crippen molar-refractivity contribution < 1.29 is 22.8 Å². The van der Waals surface area contributed by atoms with Gasteiger partial charge in [0, 0.05) is 24.2 Å². The molecule has 0 unspecified atom stereocenters. The van der Waals surface area contributed by atoms with Gasteiger partial charge in [0.1, 0.15) is 21.2 Å². The molecule has 4 aromatic heterocycles. The lowest BCUT2D eigenvalue weighted by Crippen LogP contribution is -2.28. The van der Waals surface area contributed by atoms with Gasteiger partial charge in [0.15, 0.2) is 5.76 Å². The van der Waals surface area contributed by atoms with Gasteiger partial charge < -0.3 is 15.5 Å². The monoisotopic (exact) mass is 528 g/mol. The Morgan fingerprint density at radius 3 is 2.62 bits per heavy atom. The molecule has 1 aliphatic rings. The molecule has 3 N–H and O–H groups in total. The minimum absolute atomic E-state index is 0.00477. The fourth-order valence-corrected chi connectivity index (χ4v) is 5.71. The number of anilines is 1. The Bertz CT molecular complexity index is 1490. The first-order valence-electron chi connectivity index (χ1n) is 11.9. The van der Waals surface area contributed by atoms with Crippen molar-refractivity contribution in [3.8, 4) is 11.1 Å². The third kappa shape index (κ3) is 4.98. The van der Waals surface area contributed by atoms with Gasteiger partial charge in [-0.25, -0.2) is 13.8 Å². The molecule has 0 radical (unpaired) electrons. The summed E-state index contributed by atoms with van der Waals surface area (Å²) in [7, 11) is 1.71. The highest BCUT2D eigenvalue weighted by molar-refractivity contribution is 7.21. The van der Waals surface area contributed by atoms with E-state index in [4.69, 9.17) is 10.2 Å². The van der Waals surface area contributed by atoms with Gasteiger partial charge in [-0.1, -0.05) is 6.42 Å². The first kappa shape index (κ1) is 25.0. The summed E-state index contributed by atoms with van der Waals surface area (Å²) in [5.74, 6) is -0.666. The van der Waals surface area contributed by atoms with Gasteiger partial charge in [0.25, 0.3) is 18.2 Å². The summed E-state index contributed by atoms with van der Waals surface area (Å²) in [6.07, 6.45) is 2.34. The van der Waals surface area contributed by atoms with E-state index in [1.54, 1.807) is 37.0 Å². The van der Waals surface area contributed by atoms with Crippen molar-refractivity contribution in [2.24, 2.45) is 12.8 Å². The molecule has 2 amide bonds. The fraction of sp³-hybridized carbons (Fsp3) is 0.360. The van der Waals surface area contributed by atoms with Crippen molar-refractivity contribution >= 4 is 39.1 Å². The topological polar surface area (TPSA) is 119 Å². The summed E-state index contributed by atoms with van der Waals surface area (Å²) in [6, 6.07) is 4.59. The minimum atomic E-state index is -2.83. The number of rotatable bonds is 7. The van der Waals surface area contributed by atoms with Crippen LogP contribution in [0.2, 0.25) is 0 Å². The van der Waals surface area contributed by atoms with E-state index in [9.17, 15) is 18.4 Å². The molecule has 12 heteroatoms. The highest BCUT2D eigenvalue weighted by atomic mass is 32.1. The highest BCUT2D eigenvalue weighted by Crippen LogP contribution is 2.43. The second-order valence-electron chi connectivity index (χ2n) is 9.10. The number of likely N-dealkylation sites (tertiary alicyclic amines) is 1. The van der Waals surface area contributed by atoms with Crippen molar-refractivity contribution in [3.63, 3.8) is 0 Å². The Balaban J connectivity index is 1.55. The van der Waals surface area contributed by atoms with Gasteiger partial charge in [-0.3, -0.25) is 19.2 Å². The van der Waals surface area contributed by atoms with Gasteiger partial charge in [-0.15, -0.1) is 11.3 Å². The zero-order valence-electron chi connectivity index (χ0n) is 20.4. The van der Waals surface area contributed by atoms with Gasteiger partial charge in [-0.2, -0.15) is 5.10 Å². The maximum Gasteiger partial charge on any atom is 0.291 e. The van der Waals surface area contributed by atoms with Crippen molar-refractivity contribution in [1.82, 2.24) is 19.7 Å². The number of carbonyl (C=O) groups excluding carboxylic acids is 2. The average molecular weight is 529 g/mol. The van der Waals surface area contributed by atoms with Crippen LogP contribution in [-0.2, 0) is 13.6 Å². The molecular formula is C25H26F2N6O3S. The Morgan fingerprint density at radius 2 is 1.97 bits per heavy atom. The largest absolute Gasteiger partial charge is 0.455 e. The number of nitrogens with zero attached hydrogens (tertiary/aromatic N) is 4. The molecule has 0 bridgehead atoms. The number of fused-ring (bicyclic) bond motifs is 1. The first-order valence-corrected chi connectivity index (χ1v) is 12.7. The number of aryl methyl sites for hydroxylation is 2. The van der Waals surface area contributed by atoms with E-state index >= 15 is 0 Å². The van der Waals surface area contributed by atoms with Gasteiger partial charge >= 0.3 is 0 Å². The number of halogens is 2. The quantitative estimate of drug-likeness (QED) is 0.353. The van der Waals surface area contributed by atoms with Gasteiger partial charge in [0.05, 0.1) is 17.9 Å². The number of nitrogens with one attached hydrogen (secondary N) is 1. The van der Waals surface area contributed by atoms with Crippen LogP contribution in [0.4, 0.5) is 14.5 Å². The normalized spacial score (nSPS) is 14.5. The summed E-state index contributed by atoms with van der Waals surface area (Å²) in [6.45, 7) is 4.31. The number of pyridine rings is 1. The van der Waals surface area contributed by atoms with Gasteiger partial charge in [0.2, 0.25) is 0 Å². The fourth-order valence-electron chi connectivity index (χ4n) is 4.70. The number of alkyl halides is 2. The third-order valence-electron chi connectivity index (χ3n) is 6.38. The predicted octanol–water partition coefficient (Wildman–Crippen LogP) is 4.87. The molecule has 0 aromatic carbocycles. The van der Waals surface area contributed by atoms with Crippen LogP contribution in [-0.4, -0.2) is 44.6 Å². The van der Waals surface area contributed by atoms with Crippen LogP contribution < -0.4 is 11.1 Å². The van der Waals surface area contributed by atoms with Crippen molar-refractivity contribution in [2.45, 2.75) is 39.2 Å². The number of aromatic nitrogens is 3. The SMILES string of the molecule is Cc1nn(C)cc1-c1cc(C(F)F)nc2sc(C(N)=O)c(NC(=O)c3ccc(CN4CCCCC4)o3)c12. The predicted molar refractivity (Wildman–Crippen MR) is 136 cm³/mol. The summed E-state index contributed by atoms with van der Waals surface area (Å²) >= 11 is 0.853. The second-order valence-corrected chi connectivity index (χ2v) is 10.1. The summed E-state index contributed by atoms with van der Waals surface area (Å²) in [4.78, 5) is 32.0. The lowest BCUT2D eigenvalue weighted by atomic mass is 10.0. The van der Waals surface area contributed by atoms with E-state index in [1.807, 2.05) is 0 Å². The maximum absolute atomic E-state index is 13.7. The molecule has 5 rings (SSSR count). The number of hydrogen-bond acceptors (Lipinski definition) is 7. The molecule has 1 fully saturated rings. The third-order valence-corrected chi connectivity index (χ3v) is 7.48. The Kier molecular flexibility index (Phi) is 6.78. The summed E-state index contributed by atoms with van der Waals surface area (Å²) in [5, 5.41) is 7.40. The maximum atomic E-state index is 13.7. The number of primary amides is 1. The molecule has 0 aliphatic carbocycles. The second kappa shape index (κ2) is 10.0. The number of nitrogens with two attached hydrogens (primary N) is 1. The van der Waals surface area contributed by atoms with Crippen molar-refractivity contribution in [2.75, 3.05) is 18.4 Å². The number of piperidine rings is 1. The highest BCUT2D eigenvalue weighted by Gasteiger charge is 2.27. The van der Waals surface area contributed by atoms with Crippen LogP contribution in [0.25, 0.3) is 21.3 Å². The lowest BCUT2D eigenvalue weighted by molar-refractivity contribution is 0.0992. The standard InChI is InChI=1S/C25H26F2N6O3S/c1-13-16(12-32(2)31-13)15-10-17(22(26)27)29-25-19(15)20(21(37-25)23(28)34)30-24(35)18-7-6-14(36-18)11-33-8-4-3-5-9-33/h6-7,10,12,22H,3-5,8-9,11H2,1-2H3,(H2,28,34)(H,30,35). The minimum Gasteiger partial charge on any atom is -0.455 e. The molecule has 1 aliphatic heterocycles. The summed E-state index contributed by atoms with van der Waals surface area (Å²) < 4.78 is 34.8. The van der Waals surface area contributed by atoms with Crippen LogP contribution in [0, 0.1) is 6.92 Å². The van der Waals surface area contributed by atoms with E-state index in [1.165, 1.54) is 12.5 Å². The van der Waals surface area contributed by atoms with E-state index in [2.05, 4.69) is 20.3 Å². The molecule has 0 atom stereocenters. The van der Waals surface area contributed by atoms with Crippen molar-refractivity contribution in [3.05, 3.63) is 52.2 Å². The van der Waals surface area contributed by atoms with E-state index in [0.29, 0.717) is 34.5 Å². The van der Waals surface area contributed by atoms with E-state index in [0.717, 1.165) is 37.3 Å². The van der Waals surface area contributed by atoms with Gasteiger partial charge in [-0.05, 0) is 56.6 Å². The van der Waals surface area contributed by atoms with E-state index in [-0.39, 0.29) is 21.2 Å². The number of furan rings is 1. The molecule has 1 saturated heterocycles. The molecular weight excluding hydrogens is 502 g/mol. The zero-order chi connectivity index (χ0) is 26.3. The number of thiophene rings is 1. The first-order chi connectivity index (χ1) is 17.7. The number of carbonyl (C=O) groups is 2. The van der Waals surface area contributed by atoms with Crippen LogP contribution in [0.1, 0.15) is 63.1 Å². The van der Waals surface area contributed by atoms with Crippen LogP contribution >= 0.6 is 11.3 Å². The smallest absolute Gasteiger partial charge is 0.291 e. The van der Waals surface area contributed by atoms with Crippen LogP contribution in [0.15, 0.2) is 28.8 Å². The van der Waals surface area contributed by atoms with Crippen LogP contribution in [0.5, 0.6) is 0 Å². The average Bonchev–Trinajstić information content (AvgIpc) is 3.56.